The van der Waals surface area contributed by atoms with Crippen LogP contribution in [-0.2, 0) is 7.05 Å². The van der Waals surface area contributed by atoms with Gasteiger partial charge < -0.3 is 15.8 Å². The van der Waals surface area contributed by atoms with Gasteiger partial charge in [0, 0.05) is 29.4 Å². The summed E-state index contributed by atoms with van der Waals surface area (Å²) < 4.78 is 21.9. The highest BCUT2D eigenvalue weighted by Gasteiger charge is 2.18. The molecule has 0 aliphatic heterocycles. The average molecular weight is 471 g/mol. The van der Waals surface area contributed by atoms with Crippen LogP contribution in [0.5, 0.6) is 5.75 Å². The molecule has 3 N–H and O–H groups in total. The summed E-state index contributed by atoms with van der Waals surface area (Å²) in [6.45, 7) is 7.93. The summed E-state index contributed by atoms with van der Waals surface area (Å²) in [6.07, 6.45) is 1.74. The van der Waals surface area contributed by atoms with Crippen molar-refractivity contribution in [1.82, 2.24) is 9.78 Å². The third-order valence-electron chi connectivity index (χ3n) is 4.31. The van der Waals surface area contributed by atoms with Crippen molar-refractivity contribution in [3.05, 3.63) is 76.8 Å². The van der Waals surface area contributed by atoms with Crippen LogP contribution in [0.1, 0.15) is 19.4 Å². The summed E-state index contributed by atoms with van der Waals surface area (Å²) >= 11 is 3.56. The van der Waals surface area contributed by atoms with Gasteiger partial charge >= 0.3 is 0 Å². The number of aromatic nitrogens is 2. The van der Waals surface area contributed by atoms with E-state index in [1.807, 2.05) is 39.1 Å². The molecule has 0 fully saturated rings. The normalized spacial score (nSPS) is 11.1. The Bertz CT molecular complexity index is 1070. The van der Waals surface area contributed by atoms with E-state index in [-0.39, 0.29) is 5.82 Å². The standard InChI is InChI=1S/C23H24BrFN4O/c1-5-20(15-6-8-16(25)9-7-15)28-17-10-11-21(30-14-23(2,3)26)18(12-17)22-19(24)13-27-29(22)4/h6-13,28H,1,14,26H2,2-4H3. The van der Waals surface area contributed by atoms with Crippen LogP contribution in [0, 0.1) is 5.82 Å². The highest BCUT2D eigenvalue weighted by atomic mass is 79.9. The molecule has 0 saturated carbocycles. The number of hydrogen-bond donors (Lipinski definition) is 2. The van der Waals surface area contributed by atoms with Crippen LogP contribution in [0.15, 0.2) is 65.4 Å². The Labute approximate surface area is 184 Å². The number of halogens is 2. The summed E-state index contributed by atoms with van der Waals surface area (Å²) in [7, 11) is 1.87. The lowest BCUT2D eigenvalue weighted by atomic mass is 10.1. The van der Waals surface area contributed by atoms with Crippen molar-refractivity contribution in [1.29, 1.82) is 0 Å². The topological polar surface area (TPSA) is 65.1 Å². The number of nitrogens with zero attached hydrogens (tertiary/aromatic N) is 2. The summed E-state index contributed by atoms with van der Waals surface area (Å²) in [6, 6.07) is 11.9. The molecule has 0 unspecified atom stereocenters. The minimum Gasteiger partial charge on any atom is -0.491 e. The van der Waals surface area contributed by atoms with Crippen molar-refractivity contribution >= 4 is 27.3 Å². The number of hydrogen-bond acceptors (Lipinski definition) is 4. The second-order valence-electron chi connectivity index (χ2n) is 7.64. The van der Waals surface area contributed by atoms with E-state index in [1.54, 1.807) is 23.0 Å². The first kappa shape index (κ1) is 21.8. The molecule has 7 heteroatoms. The SMILES string of the molecule is C=C=C(Nc1ccc(OCC(C)(C)N)c(-c2c(Br)cnn2C)c1)c1ccc(F)cc1. The van der Waals surface area contributed by atoms with Gasteiger partial charge in [0.25, 0.3) is 0 Å². The number of nitrogens with two attached hydrogens (primary N) is 1. The Kier molecular flexibility index (Phi) is 6.46. The average Bonchev–Trinajstić information content (AvgIpc) is 3.03. The van der Waals surface area contributed by atoms with Crippen molar-refractivity contribution in [3.8, 4) is 17.0 Å². The molecule has 0 aliphatic carbocycles. The monoisotopic (exact) mass is 470 g/mol. The predicted octanol–water partition coefficient (Wildman–Crippen LogP) is 5.34. The number of rotatable bonds is 7. The molecule has 2 aromatic carbocycles. The second kappa shape index (κ2) is 8.88. The van der Waals surface area contributed by atoms with Gasteiger partial charge in [-0.2, -0.15) is 5.10 Å². The summed E-state index contributed by atoms with van der Waals surface area (Å²) in [4.78, 5) is 0. The number of anilines is 1. The van der Waals surface area contributed by atoms with Crippen LogP contribution in [-0.4, -0.2) is 21.9 Å². The molecule has 0 saturated heterocycles. The van der Waals surface area contributed by atoms with Gasteiger partial charge in [0.05, 0.1) is 22.1 Å². The minimum atomic E-state index is -0.473. The van der Waals surface area contributed by atoms with Crippen molar-refractivity contribution in [3.63, 3.8) is 0 Å². The van der Waals surface area contributed by atoms with Crippen molar-refractivity contribution in [2.75, 3.05) is 11.9 Å². The van der Waals surface area contributed by atoms with E-state index in [4.69, 9.17) is 10.5 Å². The van der Waals surface area contributed by atoms with E-state index in [1.165, 1.54) is 12.1 Å². The minimum absolute atomic E-state index is 0.296. The van der Waals surface area contributed by atoms with E-state index in [2.05, 4.69) is 38.7 Å². The first-order chi connectivity index (χ1) is 14.2. The molecule has 0 radical (unpaired) electrons. The zero-order chi connectivity index (χ0) is 21.9. The van der Waals surface area contributed by atoms with Crippen molar-refractivity contribution in [2.45, 2.75) is 19.4 Å². The molecule has 5 nitrogen and oxygen atoms in total. The first-order valence-electron chi connectivity index (χ1n) is 9.34. The molecule has 0 atom stereocenters. The van der Waals surface area contributed by atoms with Gasteiger partial charge in [-0.25, -0.2) is 4.39 Å². The maximum absolute atomic E-state index is 13.3. The highest BCUT2D eigenvalue weighted by Crippen LogP contribution is 2.37. The molecule has 0 aliphatic rings. The number of nitrogens with one attached hydrogen (secondary N) is 1. The fourth-order valence-electron chi connectivity index (χ4n) is 2.88. The highest BCUT2D eigenvalue weighted by molar-refractivity contribution is 9.10. The molecule has 1 heterocycles. The van der Waals surface area contributed by atoms with Crippen LogP contribution in [0.4, 0.5) is 10.1 Å². The van der Waals surface area contributed by atoms with Crippen LogP contribution in [0.25, 0.3) is 17.0 Å². The lowest BCUT2D eigenvalue weighted by Gasteiger charge is -2.21. The van der Waals surface area contributed by atoms with Crippen LogP contribution >= 0.6 is 15.9 Å². The molecule has 0 amide bonds. The van der Waals surface area contributed by atoms with Gasteiger partial charge in [0.1, 0.15) is 18.2 Å². The maximum Gasteiger partial charge on any atom is 0.128 e. The van der Waals surface area contributed by atoms with Gasteiger partial charge in [-0.05, 0) is 72.2 Å². The van der Waals surface area contributed by atoms with Crippen molar-refractivity contribution in [2.24, 2.45) is 12.8 Å². The van der Waals surface area contributed by atoms with E-state index >= 15 is 0 Å². The Balaban J connectivity index is 1.99. The molecule has 156 valence electrons. The molecule has 1 aromatic heterocycles. The molecule has 3 rings (SSSR count). The Morgan fingerprint density at radius 3 is 2.57 bits per heavy atom. The largest absolute Gasteiger partial charge is 0.491 e. The van der Waals surface area contributed by atoms with Gasteiger partial charge in [0.15, 0.2) is 0 Å². The number of ether oxygens (including phenoxy) is 1. The predicted molar refractivity (Wildman–Crippen MR) is 123 cm³/mol. The fourth-order valence-corrected chi connectivity index (χ4v) is 3.44. The summed E-state index contributed by atoms with van der Waals surface area (Å²) in [5, 5.41) is 7.61. The lowest BCUT2D eigenvalue weighted by Crippen LogP contribution is -2.38. The zero-order valence-electron chi connectivity index (χ0n) is 17.2. The summed E-state index contributed by atoms with van der Waals surface area (Å²) in [5.41, 5.74) is 12.4. The van der Waals surface area contributed by atoms with Crippen LogP contribution in [0.2, 0.25) is 0 Å². The van der Waals surface area contributed by atoms with E-state index in [9.17, 15) is 4.39 Å². The molecular formula is C23H24BrFN4O. The lowest BCUT2D eigenvalue weighted by molar-refractivity contribution is 0.244. The zero-order valence-corrected chi connectivity index (χ0v) is 18.8. The number of benzene rings is 2. The van der Waals surface area contributed by atoms with Gasteiger partial charge in [0.2, 0.25) is 0 Å². The van der Waals surface area contributed by atoms with E-state index in [0.29, 0.717) is 18.1 Å². The van der Waals surface area contributed by atoms with Gasteiger partial charge in [-0.3, -0.25) is 4.68 Å². The third-order valence-corrected chi connectivity index (χ3v) is 4.89. The Hall–Kier alpha value is -2.86. The Morgan fingerprint density at radius 2 is 2.00 bits per heavy atom. The van der Waals surface area contributed by atoms with Crippen molar-refractivity contribution < 1.29 is 9.13 Å². The molecule has 3 aromatic rings. The van der Waals surface area contributed by atoms with E-state index < -0.39 is 5.54 Å². The van der Waals surface area contributed by atoms with Gasteiger partial charge in [-0.1, -0.05) is 6.58 Å². The van der Waals surface area contributed by atoms with Crippen LogP contribution in [0.3, 0.4) is 0 Å². The fraction of sp³-hybridized carbons (Fsp3) is 0.217. The third kappa shape index (κ3) is 5.19. The second-order valence-corrected chi connectivity index (χ2v) is 8.49. The van der Waals surface area contributed by atoms with Crippen LogP contribution < -0.4 is 15.8 Å². The Morgan fingerprint density at radius 1 is 1.30 bits per heavy atom. The maximum atomic E-state index is 13.3. The summed E-state index contributed by atoms with van der Waals surface area (Å²) in [5.74, 6) is 0.393. The van der Waals surface area contributed by atoms with Gasteiger partial charge in [-0.15, -0.1) is 5.73 Å². The molecular weight excluding hydrogens is 447 g/mol. The molecule has 0 bridgehead atoms. The first-order valence-corrected chi connectivity index (χ1v) is 10.1. The smallest absolute Gasteiger partial charge is 0.128 e. The molecule has 30 heavy (non-hydrogen) atoms. The quantitative estimate of drug-likeness (QED) is 0.457. The molecule has 0 spiro atoms. The number of aryl methyl sites for hydroxylation is 1. The van der Waals surface area contributed by atoms with E-state index in [0.717, 1.165) is 27.0 Å².